The highest BCUT2D eigenvalue weighted by molar-refractivity contribution is 5.99. The van der Waals surface area contributed by atoms with Crippen LogP contribution in [0.25, 0.3) is 11.1 Å². The molecule has 1 saturated heterocycles. The monoisotopic (exact) mass is 442 g/mol. The Morgan fingerprint density at radius 3 is 2.64 bits per heavy atom. The Labute approximate surface area is 192 Å². The van der Waals surface area contributed by atoms with Gasteiger partial charge in [0.2, 0.25) is 0 Å². The molecule has 2 aromatic heterocycles. The molecule has 1 aliphatic heterocycles. The Hall–Kier alpha value is -3.87. The zero-order valence-electron chi connectivity index (χ0n) is 18.5. The Morgan fingerprint density at radius 1 is 1.09 bits per heavy atom. The number of para-hydroxylation sites is 2. The first-order valence-corrected chi connectivity index (χ1v) is 11.3. The van der Waals surface area contributed by atoms with Crippen LogP contribution in [0.3, 0.4) is 0 Å². The predicted octanol–water partition coefficient (Wildman–Crippen LogP) is 5.38. The van der Waals surface area contributed by atoms with E-state index < -0.39 is 0 Å². The summed E-state index contributed by atoms with van der Waals surface area (Å²) in [7, 11) is 0. The number of oxazole rings is 1. The van der Waals surface area contributed by atoms with Gasteiger partial charge in [-0.2, -0.15) is 0 Å². The number of ether oxygens (including phenoxy) is 1. The number of rotatable bonds is 6. The Balaban J connectivity index is 1.26. The number of carbonyl (C=O) groups is 1. The van der Waals surface area contributed by atoms with Gasteiger partial charge in [-0.3, -0.25) is 4.79 Å². The molecule has 5 rings (SSSR count). The van der Waals surface area contributed by atoms with E-state index in [1.807, 2.05) is 66.4 Å². The molecule has 2 aromatic carbocycles. The molecule has 0 saturated carbocycles. The van der Waals surface area contributed by atoms with Gasteiger partial charge in [0.1, 0.15) is 17.1 Å². The van der Waals surface area contributed by atoms with Gasteiger partial charge in [-0.05, 0) is 68.3 Å². The van der Waals surface area contributed by atoms with Crippen molar-refractivity contribution < 1.29 is 13.9 Å². The fourth-order valence-corrected chi connectivity index (χ4v) is 4.18. The van der Waals surface area contributed by atoms with Gasteiger partial charge >= 0.3 is 0 Å². The molecule has 0 unspecified atom stereocenters. The second-order valence-corrected chi connectivity index (χ2v) is 8.07. The van der Waals surface area contributed by atoms with Gasteiger partial charge in [0, 0.05) is 30.9 Å². The number of amides is 1. The standard InChI is InChI=1S/C26H26N4O3/c1-2-32-20-11-9-19(10-12-20)28-24-21(6-5-15-27-24)26(31)30-16-13-18(14-17-30)25-29-22-7-3-4-8-23(22)33-25/h3-12,15,18H,2,13-14,16-17H2,1H3,(H,27,28). The van der Waals surface area contributed by atoms with E-state index >= 15 is 0 Å². The zero-order valence-corrected chi connectivity index (χ0v) is 18.5. The van der Waals surface area contributed by atoms with Gasteiger partial charge in [0.15, 0.2) is 11.5 Å². The predicted molar refractivity (Wildman–Crippen MR) is 127 cm³/mol. The minimum atomic E-state index is -0.0208. The third kappa shape index (κ3) is 4.53. The number of piperidine rings is 1. The van der Waals surface area contributed by atoms with Crippen molar-refractivity contribution in [3.8, 4) is 5.75 Å². The molecule has 0 bridgehead atoms. The molecule has 7 heteroatoms. The van der Waals surface area contributed by atoms with Crippen LogP contribution in [0.5, 0.6) is 5.75 Å². The molecule has 0 atom stereocenters. The van der Waals surface area contributed by atoms with Crippen LogP contribution in [-0.4, -0.2) is 40.5 Å². The van der Waals surface area contributed by atoms with E-state index in [9.17, 15) is 4.79 Å². The lowest BCUT2D eigenvalue weighted by Crippen LogP contribution is -2.38. The minimum Gasteiger partial charge on any atom is -0.494 e. The van der Waals surface area contributed by atoms with Crippen LogP contribution in [-0.2, 0) is 0 Å². The van der Waals surface area contributed by atoms with Crippen LogP contribution in [0.4, 0.5) is 11.5 Å². The normalized spacial score (nSPS) is 14.4. The highest BCUT2D eigenvalue weighted by Gasteiger charge is 2.28. The van der Waals surface area contributed by atoms with Crippen LogP contribution in [0.1, 0.15) is 41.9 Å². The maximum Gasteiger partial charge on any atom is 0.257 e. The molecular formula is C26H26N4O3. The molecule has 0 radical (unpaired) electrons. The van der Waals surface area contributed by atoms with Gasteiger partial charge in [0.05, 0.1) is 12.2 Å². The average molecular weight is 443 g/mol. The molecule has 1 amide bonds. The highest BCUT2D eigenvalue weighted by Crippen LogP contribution is 2.31. The number of anilines is 2. The molecule has 7 nitrogen and oxygen atoms in total. The van der Waals surface area contributed by atoms with E-state index in [0.717, 1.165) is 41.3 Å². The summed E-state index contributed by atoms with van der Waals surface area (Å²) in [6, 6.07) is 19.0. The molecule has 0 spiro atoms. The molecule has 1 fully saturated rings. The summed E-state index contributed by atoms with van der Waals surface area (Å²) in [6.45, 7) is 3.88. The zero-order chi connectivity index (χ0) is 22.6. The largest absolute Gasteiger partial charge is 0.494 e. The van der Waals surface area contributed by atoms with Crippen molar-refractivity contribution in [1.29, 1.82) is 0 Å². The number of nitrogens with one attached hydrogen (secondary N) is 1. The molecule has 33 heavy (non-hydrogen) atoms. The first kappa shape index (κ1) is 21.0. The number of hydrogen-bond acceptors (Lipinski definition) is 6. The summed E-state index contributed by atoms with van der Waals surface area (Å²) < 4.78 is 11.4. The number of carbonyl (C=O) groups excluding carboxylic acids is 1. The van der Waals surface area contributed by atoms with E-state index in [1.54, 1.807) is 12.3 Å². The number of nitrogens with zero attached hydrogens (tertiary/aromatic N) is 3. The lowest BCUT2D eigenvalue weighted by molar-refractivity contribution is 0.0707. The number of hydrogen-bond donors (Lipinski definition) is 1. The summed E-state index contributed by atoms with van der Waals surface area (Å²) in [5.74, 6) is 2.32. The SMILES string of the molecule is CCOc1ccc(Nc2ncccc2C(=O)N2CCC(c3nc4ccccc4o3)CC2)cc1. The van der Waals surface area contributed by atoms with Crippen LogP contribution < -0.4 is 10.1 Å². The lowest BCUT2D eigenvalue weighted by atomic mass is 9.96. The molecule has 168 valence electrons. The Morgan fingerprint density at radius 2 is 1.88 bits per heavy atom. The molecule has 1 N–H and O–H groups in total. The van der Waals surface area contributed by atoms with Crippen molar-refractivity contribution in [2.75, 3.05) is 25.0 Å². The number of pyridine rings is 1. The van der Waals surface area contributed by atoms with Crippen molar-refractivity contribution in [3.63, 3.8) is 0 Å². The summed E-state index contributed by atoms with van der Waals surface area (Å²) in [6.07, 6.45) is 3.33. The number of likely N-dealkylation sites (tertiary alicyclic amines) is 1. The van der Waals surface area contributed by atoms with Crippen molar-refractivity contribution in [2.45, 2.75) is 25.7 Å². The van der Waals surface area contributed by atoms with Gasteiger partial charge < -0.3 is 19.4 Å². The van der Waals surface area contributed by atoms with Crippen molar-refractivity contribution in [2.24, 2.45) is 0 Å². The van der Waals surface area contributed by atoms with Crippen molar-refractivity contribution in [3.05, 3.63) is 78.3 Å². The summed E-state index contributed by atoms with van der Waals surface area (Å²) in [4.78, 5) is 24.3. The smallest absolute Gasteiger partial charge is 0.257 e. The van der Waals surface area contributed by atoms with E-state index in [4.69, 9.17) is 9.15 Å². The van der Waals surface area contributed by atoms with Gasteiger partial charge in [-0.15, -0.1) is 0 Å². The molecule has 1 aliphatic rings. The first-order valence-electron chi connectivity index (χ1n) is 11.3. The topological polar surface area (TPSA) is 80.5 Å². The average Bonchev–Trinajstić information content (AvgIpc) is 3.30. The van der Waals surface area contributed by atoms with Crippen LogP contribution in [0, 0.1) is 0 Å². The fraction of sp³-hybridized carbons (Fsp3) is 0.269. The third-order valence-electron chi connectivity index (χ3n) is 5.91. The van der Waals surface area contributed by atoms with E-state index in [2.05, 4.69) is 15.3 Å². The third-order valence-corrected chi connectivity index (χ3v) is 5.91. The second kappa shape index (κ2) is 9.32. The maximum absolute atomic E-state index is 13.3. The quantitative estimate of drug-likeness (QED) is 0.432. The maximum atomic E-state index is 13.3. The molecule has 3 heterocycles. The lowest BCUT2D eigenvalue weighted by Gasteiger charge is -2.31. The number of fused-ring (bicyclic) bond motifs is 1. The highest BCUT2D eigenvalue weighted by atomic mass is 16.5. The summed E-state index contributed by atoms with van der Waals surface area (Å²) in [5.41, 5.74) is 3.10. The minimum absolute atomic E-state index is 0.0208. The summed E-state index contributed by atoms with van der Waals surface area (Å²) in [5, 5.41) is 3.27. The van der Waals surface area contributed by atoms with Crippen molar-refractivity contribution in [1.82, 2.24) is 14.9 Å². The van der Waals surface area contributed by atoms with Crippen LogP contribution in [0.2, 0.25) is 0 Å². The Bertz CT molecular complexity index is 1210. The summed E-state index contributed by atoms with van der Waals surface area (Å²) >= 11 is 0. The van der Waals surface area contributed by atoms with E-state index in [0.29, 0.717) is 31.1 Å². The van der Waals surface area contributed by atoms with Gasteiger partial charge in [0.25, 0.3) is 5.91 Å². The first-order chi connectivity index (χ1) is 16.2. The molecule has 0 aliphatic carbocycles. The number of benzene rings is 2. The Kier molecular flexibility index (Phi) is 5.93. The van der Waals surface area contributed by atoms with E-state index in [-0.39, 0.29) is 11.8 Å². The van der Waals surface area contributed by atoms with Crippen LogP contribution in [0.15, 0.2) is 71.3 Å². The van der Waals surface area contributed by atoms with Crippen LogP contribution >= 0.6 is 0 Å². The van der Waals surface area contributed by atoms with E-state index in [1.165, 1.54) is 0 Å². The molecular weight excluding hydrogens is 416 g/mol. The number of aromatic nitrogens is 2. The second-order valence-electron chi connectivity index (χ2n) is 8.07. The van der Waals surface area contributed by atoms with Gasteiger partial charge in [-0.25, -0.2) is 9.97 Å². The van der Waals surface area contributed by atoms with Crippen molar-refractivity contribution >= 4 is 28.5 Å². The van der Waals surface area contributed by atoms with Gasteiger partial charge in [-0.1, -0.05) is 12.1 Å². The molecule has 4 aromatic rings. The fourth-order valence-electron chi connectivity index (χ4n) is 4.18.